The van der Waals surface area contributed by atoms with Crippen LogP contribution in [0.25, 0.3) is 0 Å². The number of nitrogens with one attached hydrogen (secondary N) is 1. The molecule has 0 radical (unpaired) electrons. The van der Waals surface area contributed by atoms with Gasteiger partial charge < -0.3 is 19.5 Å². The van der Waals surface area contributed by atoms with Crippen LogP contribution in [0.4, 0.5) is 0 Å². The van der Waals surface area contributed by atoms with Crippen molar-refractivity contribution < 1.29 is 32.0 Å². The zero-order valence-electron chi connectivity index (χ0n) is 20.9. The Bertz CT molecular complexity index is 935. The van der Waals surface area contributed by atoms with Gasteiger partial charge in [0.05, 0.1) is 34.9 Å². The van der Waals surface area contributed by atoms with Crippen LogP contribution in [0.1, 0.15) is 60.8 Å². The molecule has 0 aliphatic carbocycles. The molecule has 1 aromatic carbocycles. The number of carbonyl (C=O) groups is 1. The van der Waals surface area contributed by atoms with E-state index in [2.05, 4.69) is 19.2 Å². The predicted molar refractivity (Wildman–Crippen MR) is 134 cm³/mol. The molecule has 11 heteroatoms. The zero-order valence-corrected chi connectivity index (χ0v) is 23.2. The minimum atomic E-state index is -4.71. The van der Waals surface area contributed by atoms with Crippen molar-refractivity contribution in [3.05, 3.63) is 22.2 Å². The van der Waals surface area contributed by atoms with Gasteiger partial charge in [0.15, 0.2) is 5.75 Å². The molecule has 0 aromatic heterocycles. The van der Waals surface area contributed by atoms with Crippen LogP contribution in [0.2, 0.25) is 10.0 Å². The summed E-state index contributed by atoms with van der Waals surface area (Å²) in [6.45, 7) is 12.9. The molecule has 0 heterocycles. The molecule has 34 heavy (non-hydrogen) atoms. The Labute approximate surface area is 213 Å². The SMILES string of the molecule is CNCCC(C)(C)OCCC(C)(C)OC(C)CC(C)C(=O)Oc1c(Cl)cc(Cl)cc1S(=O)(=O)O. The quantitative estimate of drug-likeness (QED) is 0.189. The highest BCUT2D eigenvalue weighted by molar-refractivity contribution is 7.86. The fraction of sp³-hybridized carbons (Fsp3) is 0.696. The molecule has 0 bridgehead atoms. The van der Waals surface area contributed by atoms with Crippen LogP contribution in [-0.2, 0) is 24.4 Å². The third-order valence-corrected chi connectivity index (χ3v) is 6.59. The van der Waals surface area contributed by atoms with Gasteiger partial charge in [0.1, 0.15) is 4.90 Å². The third-order valence-electron chi connectivity index (χ3n) is 5.24. The van der Waals surface area contributed by atoms with Gasteiger partial charge in [-0.3, -0.25) is 9.35 Å². The number of esters is 1. The van der Waals surface area contributed by atoms with Crippen molar-refractivity contribution in [2.75, 3.05) is 20.2 Å². The van der Waals surface area contributed by atoms with Gasteiger partial charge in [-0.15, -0.1) is 0 Å². The lowest BCUT2D eigenvalue weighted by Crippen LogP contribution is -2.35. The second-order valence-corrected chi connectivity index (χ2v) is 11.9. The van der Waals surface area contributed by atoms with Gasteiger partial charge in [-0.2, -0.15) is 8.42 Å². The van der Waals surface area contributed by atoms with Crippen molar-refractivity contribution in [1.29, 1.82) is 0 Å². The van der Waals surface area contributed by atoms with Crippen LogP contribution in [0.5, 0.6) is 5.75 Å². The molecular weight excluding hydrogens is 505 g/mol. The third kappa shape index (κ3) is 10.8. The molecular formula is C23H37Cl2NO7S. The maximum absolute atomic E-state index is 12.6. The van der Waals surface area contributed by atoms with E-state index in [4.69, 9.17) is 37.4 Å². The van der Waals surface area contributed by atoms with Crippen molar-refractivity contribution in [3.8, 4) is 5.75 Å². The molecule has 196 valence electrons. The Morgan fingerprint density at radius 3 is 2.29 bits per heavy atom. The van der Waals surface area contributed by atoms with Crippen LogP contribution >= 0.6 is 23.2 Å². The van der Waals surface area contributed by atoms with E-state index in [1.54, 1.807) is 6.92 Å². The van der Waals surface area contributed by atoms with Gasteiger partial charge in [-0.25, -0.2) is 0 Å². The number of rotatable bonds is 14. The average molecular weight is 543 g/mol. The van der Waals surface area contributed by atoms with E-state index in [0.717, 1.165) is 19.0 Å². The highest BCUT2D eigenvalue weighted by atomic mass is 35.5. The fourth-order valence-corrected chi connectivity index (χ4v) is 4.66. The molecule has 1 rings (SSSR count). The first-order chi connectivity index (χ1) is 15.5. The lowest BCUT2D eigenvalue weighted by atomic mass is 10.0. The van der Waals surface area contributed by atoms with Gasteiger partial charge in [-0.05, 0) is 79.6 Å². The molecule has 0 fully saturated rings. The molecule has 1 aromatic rings. The number of benzene rings is 1. The van der Waals surface area contributed by atoms with E-state index in [1.807, 2.05) is 27.8 Å². The number of ether oxygens (including phenoxy) is 3. The van der Waals surface area contributed by atoms with Crippen molar-refractivity contribution in [2.45, 2.75) is 83.0 Å². The summed E-state index contributed by atoms with van der Waals surface area (Å²) < 4.78 is 50.1. The predicted octanol–water partition coefficient (Wildman–Crippen LogP) is 5.15. The first-order valence-electron chi connectivity index (χ1n) is 11.1. The number of carbonyl (C=O) groups excluding carboxylic acids is 1. The summed E-state index contributed by atoms with van der Waals surface area (Å²) in [5, 5.41) is 2.89. The zero-order chi connectivity index (χ0) is 26.3. The Balaban J connectivity index is 2.70. The molecule has 0 aliphatic heterocycles. The maximum atomic E-state index is 12.6. The first kappa shape index (κ1) is 31.1. The maximum Gasteiger partial charge on any atom is 0.314 e. The van der Waals surface area contributed by atoms with Crippen LogP contribution in [-0.4, -0.2) is 56.4 Å². The monoisotopic (exact) mass is 541 g/mol. The van der Waals surface area contributed by atoms with Crippen molar-refractivity contribution in [1.82, 2.24) is 5.32 Å². The van der Waals surface area contributed by atoms with E-state index >= 15 is 0 Å². The molecule has 0 saturated heterocycles. The largest absolute Gasteiger partial charge is 0.423 e. The molecule has 2 unspecified atom stereocenters. The Morgan fingerprint density at radius 1 is 1.12 bits per heavy atom. The standard InChI is InChI=1S/C23H37Cl2NO7S/c1-15(21(27)32-20-18(25)13-17(24)14-19(20)34(28,29)30)12-16(2)33-23(5,6)9-11-31-22(3,4)8-10-26-7/h13-16,26H,8-12H2,1-7H3,(H,28,29,30). The van der Waals surface area contributed by atoms with Crippen LogP contribution in [0, 0.1) is 5.92 Å². The van der Waals surface area contributed by atoms with E-state index in [9.17, 15) is 17.8 Å². The molecule has 0 saturated carbocycles. The molecule has 0 amide bonds. The minimum absolute atomic E-state index is 0.0240. The van der Waals surface area contributed by atoms with Crippen LogP contribution < -0.4 is 10.1 Å². The van der Waals surface area contributed by atoms with Gasteiger partial charge >= 0.3 is 5.97 Å². The van der Waals surface area contributed by atoms with Gasteiger partial charge in [-0.1, -0.05) is 30.1 Å². The molecule has 0 spiro atoms. The lowest BCUT2D eigenvalue weighted by molar-refractivity contribution is -0.142. The number of hydrogen-bond acceptors (Lipinski definition) is 7. The Morgan fingerprint density at radius 2 is 1.74 bits per heavy atom. The van der Waals surface area contributed by atoms with Crippen molar-refractivity contribution in [3.63, 3.8) is 0 Å². The Hall–Kier alpha value is -0.940. The summed E-state index contributed by atoms with van der Waals surface area (Å²) in [6.07, 6.45) is 1.58. The lowest BCUT2D eigenvalue weighted by Gasteiger charge is -2.32. The van der Waals surface area contributed by atoms with E-state index in [-0.39, 0.29) is 21.8 Å². The summed E-state index contributed by atoms with van der Waals surface area (Å²) in [5.74, 6) is -1.81. The second kappa shape index (κ2) is 12.9. The minimum Gasteiger partial charge on any atom is -0.423 e. The highest BCUT2D eigenvalue weighted by Gasteiger charge is 2.29. The number of halogens is 2. The van der Waals surface area contributed by atoms with Crippen LogP contribution in [0.3, 0.4) is 0 Å². The summed E-state index contributed by atoms with van der Waals surface area (Å²) in [7, 11) is -2.80. The van der Waals surface area contributed by atoms with E-state index in [0.29, 0.717) is 19.4 Å². The van der Waals surface area contributed by atoms with Gasteiger partial charge in [0, 0.05) is 5.02 Å². The fourth-order valence-electron chi connectivity index (χ4n) is 3.35. The molecule has 0 aliphatic rings. The summed E-state index contributed by atoms with van der Waals surface area (Å²) in [5.41, 5.74) is -0.730. The van der Waals surface area contributed by atoms with Gasteiger partial charge in [0.2, 0.25) is 0 Å². The normalized spacial score (nSPS) is 14.6. The topological polar surface area (TPSA) is 111 Å². The van der Waals surface area contributed by atoms with Crippen LogP contribution in [0.15, 0.2) is 17.0 Å². The highest BCUT2D eigenvalue weighted by Crippen LogP contribution is 2.36. The molecule has 8 nitrogen and oxygen atoms in total. The number of hydrogen-bond donors (Lipinski definition) is 2. The summed E-state index contributed by atoms with van der Waals surface area (Å²) in [6, 6.07) is 2.19. The average Bonchev–Trinajstić information content (AvgIpc) is 2.66. The van der Waals surface area contributed by atoms with E-state index in [1.165, 1.54) is 6.07 Å². The Kier molecular flexibility index (Phi) is 11.8. The summed E-state index contributed by atoms with van der Waals surface area (Å²) in [4.78, 5) is 12.0. The summed E-state index contributed by atoms with van der Waals surface area (Å²) >= 11 is 11.8. The van der Waals surface area contributed by atoms with Gasteiger partial charge in [0.25, 0.3) is 10.1 Å². The smallest absolute Gasteiger partial charge is 0.314 e. The van der Waals surface area contributed by atoms with Crippen molar-refractivity contribution in [2.24, 2.45) is 5.92 Å². The first-order valence-corrected chi connectivity index (χ1v) is 13.3. The second-order valence-electron chi connectivity index (χ2n) is 9.65. The van der Waals surface area contributed by atoms with Crippen molar-refractivity contribution >= 4 is 39.3 Å². The molecule has 2 atom stereocenters. The molecule has 2 N–H and O–H groups in total. The van der Waals surface area contributed by atoms with E-state index < -0.39 is 38.3 Å².